The van der Waals surface area contributed by atoms with Crippen LogP contribution in [0.4, 0.5) is 0 Å². The smallest absolute Gasteiger partial charge is 0.191 e. The molecule has 0 saturated heterocycles. The summed E-state index contributed by atoms with van der Waals surface area (Å²) in [6.45, 7) is 4.40. The minimum Gasteiger partial charge on any atom is -0.469 e. The van der Waals surface area contributed by atoms with Gasteiger partial charge in [0.2, 0.25) is 0 Å². The Morgan fingerprint density at radius 2 is 2.12 bits per heavy atom. The first-order valence-corrected chi connectivity index (χ1v) is 7.59. The highest BCUT2D eigenvalue weighted by Crippen LogP contribution is 2.00. The molecule has 2 aromatic rings. The second-order valence-corrected chi connectivity index (χ2v) is 5.06. The zero-order valence-corrected chi connectivity index (χ0v) is 16.6. The zero-order valence-electron chi connectivity index (χ0n) is 14.3. The quantitative estimate of drug-likeness (QED) is 0.274. The number of nitrogens with one attached hydrogen (secondary N) is 2. The van der Waals surface area contributed by atoms with Crippen LogP contribution in [0.25, 0.3) is 0 Å². The Morgan fingerprint density at radius 3 is 2.75 bits per heavy atom. The molecule has 2 aromatic heterocycles. The highest BCUT2D eigenvalue weighted by atomic mass is 127. The number of furan rings is 1. The lowest BCUT2D eigenvalue weighted by Gasteiger charge is -2.11. The van der Waals surface area contributed by atoms with Crippen molar-refractivity contribution < 1.29 is 9.15 Å². The van der Waals surface area contributed by atoms with Crippen LogP contribution in [0.5, 0.6) is 0 Å². The fraction of sp³-hybridized carbons (Fsp3) is 0.533. The lowest BCUT2D eigenvalue weighted by Crippen LogP contribution is -2.40. The van der Waals surface area contributed by atoms with Gasteiger partial charge in [-0.2, -0.15) is 0 Å². The summed E-state index contributed by atoms with van der Waals surface area (Å²) in [5, 5.41) is 14.7. The van der Waals surface area contributed by atoms with E-state index in [0.29, 0.717) is 25.7 Å². The number of guanidine groups is 1. The maximum Gasteiger partial charge on any atom is 0.191 e. The maximum absolute atomic E-state index is 5.32. The number of aliphatic imine (C=N–C) groups is 1. The van der Waals surface area contributed by atoms with Gasteiger partial charge in [-0.3, -0.25) is 0 Å². The Kier molecular flexibility index (Phi) is 9.38. The molecule has 2 heterocycles. The summed E-state index contributed by atoms with van der Waals surface area (Å²) < 4.78 is 12.3. The van der Waals surface area contributed by atoms with E-state index in [9.17, 15) is 0 Å². The van der Waals surface area contributed by atoms with Crippen molar-refractivity contribution in [1.82, 2.24) is 25.4 Å². The Hall–Kier alpha value is -1.62. The summed E-state index contributed by atoms with van der Waals surface area (Å²) in [6, 6.07) is 3.84. The largest absolute Gasteiger partial charge is 0.469 e. The van der Waals surface area contributed by atoms with Crippen molar-refractivity contribution in [3.05, 3.63) is 35.8 Å². The van der Waals surface area contributed by atoms with Gasteiger partial charge < -0.3 is 24.4 Å². The van der Waals surface area contributed by atoms with Gasteiger partial charge in [0.05, 0.1) is 12.9 Å². The van der Waals surface area contributed by atoms with Crippen molar-refractivity contribution in [3.63, 3.8) is 0 Å². The number of methoxy groups -OCH3 is 1. The third-order valence-corrected chi connectivity index (χ3v) is 3.40. The first-order valence-electron chi connectivity index (χ1n) is 7.59. The average Bonchev–Trinajstić information content (AvgIpc) is 3.17. The zero-order chi connectivity index (χ0) is 16.5. The summed E-state index contributed by atoms with van der Waals surface area (Å²) in [7, 11) is 3.60. The van der Waals surface area contributed by atoms with Crippen molar-refractivity contribution in [1.29, 1.82) is 0 Å². The predicted molar refractivity (Wildman–Crippen MR) is 103 cm³/mol. The monoisotopic (exact) mass is 448 g/mol. The van der Waals surface area contributed by atoms with Gasteiger partial charge in [-0.05, 0) is 19.1 Å². The van der Waals surface area contributed by atoms with Crippen LogP contribution in [0.3, 0.4) is 0 Å². The van der Waals surface area contributed by atoms with Crippen LogP contribution in [0.1, 0.15) is 17.4 Å². The molecule has 9 heteroatoms. The van der Waals surface area contributed by atoms with Gasteiger partial charge >= 0.3 is 0 Å². The standard InChI is InChI=1S/C15H24N6O2.HI/c1-12-19-20-14(21(12)2)11-18-15(17-8-10-22-3)16-7-6-13-5-4-9-23-13;/h4-5,9H,6-8,10-11H2,1-3H3,(H2,16,17,18);1H. The van der Waals surface area contributed by atoms with Crippen LogP contribution in [0, 0.1) is 6.92 Å². The fourth-order valence-electron chi connectivity index (χ4n) is 1.94. The first-order chi connectivity index (χ1) is 11.2. The van der Waals surface area contributed by atoms with Crippen molar-refractivity contribution in [2.45, 2.75) is 19.9 Å². The van der Waals surface area contributed by atoms with Gasteiger partial charge in [0.1, 0.15) is 18.1 Å². The van der Waals surface area contributed by atoms with Crippen LogP contribution in [0.2, 0.25) is 0 Å². The van der Waals surface area contributed by atoms with Gasteiger partial charge in [0.15, 0.2) is 11.8 Å². The maximum atomic E-state index is 5.32. The van der Waals surface area contributed by atoms with Crippen LogP contribution in [-0.2, 0) is 24.8 Å². The lowest BCUT2D eigenvalue weighted by atomic mass is 10.3. The van der Waals surface area contributed by atoms with E-state index in [1.165, 1.54) is 0 Å². The molecule has 8 nitrogen and oxygen atoms in total. The van der Waals surface area contributed by atoms with Gasteiger partial charge in [0, 0.05) is 33.7 Å². The number of aromatic nitrogens is 3. The summed E-state index contributed by atoms with van der Waals surface area (Å²) in [4.78, 5) is 4.54. The number of halogens is 1. The van der Waals surface area contributed by atoms with E-state index in [1.807, 2.05) is 30.7 Å². The van der Waals surface area contributed by atoms with Crippen LogP contribution in [-0.4, -0.2) is 47.5 Å². The minimum atomic E-state index is 0. The fourth-order valence-corrected chi connectivity index (χ4v) is 1.94. The Morgan fingerprint density at radius 1 is 1.33 bits per heavy atom. The summed E-state index contributed by atoms with van der Waals surface area (Å²) >= 11 is 0. The third kappa shape index (κ3) is 6.48. The molecule has 0 saturated carbocycles. The molecule has 2 N–H and O–H groups in total. The lowest BCUT2D eigenvalue weighted by molar-refractivity contribution is 0.203. The molecule has 0 aliphatic rings. The molecule has 0 fully saturated rings. The number of hydrogen-bond acceptors (Lipinski definition) is 5. The Balaban J connectivity index is 0.00000288. The van der Waals surface area contributed by atoms with Crippen molar-refractivity contribution in [2.24, 2.45) is 12.0 Å². The second-order valence-electron chi connectivity index (χ2n) is 5.06. The van der Waals surface area contributed by atoms with Gasteiger partial charge in [-0.15, -0.1) is 34.2 Å². The average molecular weight is 448 g/mol. The minimum absolute atomic E-state index is 0. The molecule has 0 bridgehead atoms. The molecule has 0 radical (unpaired) electrons. The molecule has 24 heavy (non-hydrogen) atoms. The van der Waals surface area contributed by atoms with E-state index in [4.69, 9.17) is 9.15 Å². The molecular formula is C15H25IN6O2. The molecule has 0 aliphatic heterocycles. The molecule has 0 aromatic carbocycles. The molecule has 134 valence electrons. The van der Waals surface area contributed by atoms with E-state index >= 15 is 0 Å². The number of nitrogens with zero attached hydrogens (tertiary/aromatic N) is 4. The number of ether oxygens (including phenoxy) is 1. The summed E-state index contributed by atoms with van der Waals surface area (Å²) in [6.07, 6.45) is 2.47. The van der Waals surface area contributed by atoms with Crippen LogP contribution >= 0.6 is 24.0 Å². The van der Waals surface area contributed by atoms with Gasteiger partial charge in [0.25, 0.3) is 0 Å². The highest BCUT2D eigenvalue weighted by molar-refractivity contribution is 14.0. The third-order valence-electron chi connectivity index (χ3n) is 3.40. The predicted octanol–water partition coefficient (Wildman–Crippen LogP) is 1.26. The number of aryl methyl sites for hydroxylation is 1. The molecule has 0 atom stereocenters. The second kappa shape index (κ2) is 11.0. The molecular weight excluding hydrogens is 423 g/mol. The number of rotatable bonds is 8. The van der Waals surface area contributed by atoms with E-state index in [-0.39, 0.29) is 24.0 Å². The Labute approximate surface area is 159 Å². The van der Waals surface area contributed by atoms with Crippen LogP contribution < -0.4 is 10.6 Å². The Bertz CT molecular complexity index is 612. The molecule has 0 aliphatic carbocycles. The van der Waals surface area contributed by atoms with E-state index in [0.717, 1.165) is 30.4 Å². The van der Waals surface area contributed by atoms with E-state index < -0.39 is 0 Å². The van der Waals surface area contributed by atoms with Crippen LogP contribution in [0.15, 0.2) is 27.8 Å². The summed E-state index contributed by atoms with van der Waals surface area (Å²) in [5.74, 6) is 3.35. The normalized spacial score (nSPS) is 11.2. The highest BCUT2D eigenvalue weighted by Gasteiger charge is 2.05. The van der Waals surface area contributed by atoms with Crippen molar-refractivity contribution >= 4 is 29.9 Å². The SMILES string of the molecule is COCCNC(=NCc1nnc(C)n1C)NCCc1ccco1.I. The molecule has 0 amide bonds. The molecule has 2 rings (SSSR count). The van der Waals surface area contributed by atoms with Crippen molar-refractivity contribution in [3.8, 4) is 0 Å². The molecule has 0 spiro atoms. The van der Waals surface area contributed by atoms with E-state index in [2.05, 4.69) is 25.8 Å². The van der Waals surface area contributed by atoms with Gasteiger partial charge in [-0.25, -0.2) is 4.99 Å². The topological polar surface area (TPSA) is 89.5 Å². The first kappa shape index (κ1) is 20.4. The molecule has 0 unspecified atom stereocenters. The van der Waals surface area contributed by atoms with E-state index in [1.54, 1.807) is 13.4 Å². The van der Waals surface area contributed by atoms with Crippen molar-refractivity contribution in [2.75, 3.05) is 26.8 Å². The van der Waals surface area contributed by atoms with Gasteiger partial charge in [-0.1, -0.05) is 0 Å². The summed E-state index contributed by atoms with van der Waals surface area (Å²) in [5.41, 5.74) is 0. The number of hydrogen-bond donors (Lipinski definition) is 2.